The van der Waals surface area contributed by atoms with Crippen LogP contribution < -0.4 is 5.32 Å². The van der Waals surface area contributed by atoms with Crippen molar-refractivity contribution < 1.29 is 24.0 Å². The van der Waals surface area contributed by atoms with Gasteiger partial charge < -0.3 is 10.4 Å². The van der Waals surface area contributed by atoms with Crippen LogP contribution in [-0.4, -0.2) is 27.9 Å². The van der Waals surface area contributed by atoms with Crippen LogP contribution in [-0.2, 0) is 22.4 Å². The average molecular weight is 346 g/mol. The molecule has 8 heteroatoms. The van der Waals surface area contributed by atoms with Gasteiger partial charge in [-0.15, -0.1) is 0 Å². The lowest BCUT2D eigenvalue weighted by Crippen LogP contribution is -2.43. The predicted octanol–water partition coefficient (Wildman–Crippen LogP) is 2.09. The molecule has 0 saturated carbocycles. The molecular weight excluding hydrogens is 331 g/mol. The van der Waals surface area contributed by atoms with Gasteiger partial charge in [-0.2, -0.15) is 0 Å². The Hall–Kier alpha value is -3.29. The molecule has 0 unspecified atom stereocenters. The Labute approximate surface area is 142 Å². The highest BCUT2D eigenvalue weighted by Crippen LogP contribution is 2.13. The summed E-state index contributed by atoms with van der Waals surface area (Å²) in [5, 5.41) is 22.3. The molecule has 0 radical (unpaired) electrons. The Kier molecular flexibility index (Phi) is 5.78. The number of nitrogens with zero attached hydrogens (tertiary/aromatic N) is 1. The van der Waals surface area contributed by atoms with E-state index in [0.717, 1.165) is 0 Å². The third-order valence-corrected chi connectivity index (χ3v) is 3.50. The Morgan fingerprint density at radius 1 is 1.08 bits per heavy atom. The lowest BCUT2D eigenvalue weighted by atomic mass is 10.0. The third-order valence-electron chi connectivity index (χ3n) is 3.50. The molecule has 25 heavy (non-hydrogen) atoms. The number of carboxylic acids is 1. The molecule has 0 fully saturated rings. The molecule has 2 N–H and O–H groups in total. The van der Waals surface area contributed by atoms with Gasteiger partial charge in [0.1, 0.15) is 11.9 Å². The van der Waals surface area contributed by atoms with Crippen molar-refractivity contribution in [3.8, 4) is 0 Å². The molecule has 2 rings (SSSR count). The van der Waals surface area contributed by atoms with Gasteiger partial charge in [-0.3, -0.25) is 14.9 Å². The Morgan fingerprint density at radius 3 is 2.16 bits per heavy atom. The fourth-order valence-corrected chi connectivity index (χ4v) is 2.22. The number of carbonyl (C=O) groups is 2. The van der Waals surface area contributed by atoms with E-state index in [0.29, 0.717) is 11.1 Å². The number of nitro benzene ring substituents is 1. The highest BCUT2D eigenvalue weighted by Gasteiger charge is 2.21. The van der Waals surface area contributed by atoms with E-state index in [2.05, 4.69) is 5.32 Å². The van der Waals surface area contributed by atoms with Gasteiger partial charge in [-0.1, -0.05) is 24.3 Å². The normalized spacial score (nSPS) is 11.6. The van der Waals surface area contributed by atoms with Crippen molar-refractivity contribution in [2.45, 2.75) is 18.9 Å². The van der Waals surface area contributed by atoms with Crippen LogP contribution >= 0.6 is 0 Å². The number of aliphatic carboxylic acids is 1. The van der Waals surface area contributed by atoms with Crippen molar-refractivity contribution in [3.05, 3.63) is 75.6 Å². The second-order valence-corrected chi connectivity index (χ2v) is 5.39. The summed E-state index contributed by atoms with van der Waals surface area (Å²) in [4.78, 5) is 33.4. The molecule has 7 nitrogen and oxygen atoms in total. The van der Waals surface area contributed by atoms with Gasteiger partial charge in [0, 0.05) is 18.6 Å². The molecule has 1 atom stereocenters. The van der Waals surface area contributed by atoms with E-state index in [9.17, 15) is 29.2 Å². The number of carboxylic acid groups (broad SMARTS) is 1. The van der Waals surface area contributed by atoms with E-state index < -0.39 is 28.7 Å². The standard InChI is InChI=1S/C17H15FN2O5/c18-13-5-1-12(2-6-13)10-16(21)19-15(17(22)23)9-11-3-7-14(8-4-11)20(24)25/h1-8,15H,9-10H2,(H,19,21)(H,22,23)/t15-/m1/s1. The molecule has 0 heterocycles. The first kappa shape index (κ1) is 18.1. The summed E-state index contributed by atoms with van der Waals surface area (Å²) in [7, 11) is 0. The van der Waals surface area contributed by atoms with Crippen molar-refractivity contribution >= 4 is 17.6 Å². The summed E-state index contributed by atoms with van der Waals surface area (Å²) in [5.41, 5.74) is 0.995. The summed E-state index contributed by atoms with van der Waals surface area (Å²) in [6, 6.07) is 9.59. The summed E-state index contributed by atoms with van der Waals surface area (Å²) in [6.45, 7) is 0. The molecule has 1 amide bonds. The molecule has 0 saturated heterocycles. The van der Waals surface area contributed by atoms with E-state index in [1.54, 1.807) is 0 Å². The number of nitrogens with one attached hydrogen (secondary N) is 1. The van der Waals surface area contributed by atoms with Crippen LogP contribution in [0.2, 0.25) is 0 Å². The molecule has 0 aliphatic carbocycles. The van der Waals surface area contributed by atoms with Gasteiger partial charge in [-0.25, -0.2) is 9.18 Å². The molecule has 2 aromatic rings. The maximum atomic E-state index is 12.8. The summed E-state index contributed by atoms with van der Waals surface area (Å²) >= 11 is 0. The molecule has 0 aliphatic rings. The monoisotopic (exact) mass is 346 g/mol. The number of benzene rings is 2. The topological polar surface area (TPSA) is 110 Å². The zero-order valence-corrected chi connectivity index (χ0v) is 13.0. The molecule has 0 aliphatic heterocycles. The first-order valence-corrected chi connectivity index (χ1v) is 7.35. The molecule has 0 spiro atoms. The van der Waals surface area contributed by atoms with Crippen molar-refractivity contribution in [1.82, 2.24) is 5.32 Å². The van der Waals surface area contributed by atoms with Crippen molar-refractivity contribution in [2.75, 3.05) is 0 Å². The third kappa shape index (κ3) is 5.38. The van der Waals surface area contributed by atoms with E-state index in [1.165, 1.54) is 48.5 Å². The van der Waals surface area contributed by atoms with Crippen LogP contribution in [0.1, 0.15) is 11.1 Å². The zero-order valence-electron chi connectivity index (χ0n) is 13.0. The molecule has 0 bridgehead atoms. The number of rotatable bonds is 7. The minimum atomic E-state index is -1.22. The minimum Gasteiger partial charge on any atom is -0.480 e. The number of amides is 1. The highest BCUT2D eigenvalue weighted by atomic mass is 19.1. The van der Waals surface area contributed by atoms with Crippen LogP contribution in [0.4, 0.5) is 10.1 Å². The van der Waals surface area contributed by atoms with E-state index >= 15 is 0 Å². The average Bonchev–Trinajstić information content (AvgIpc) is 2.56. The summed E-state index contributed by atoms with van der Waals surface area (Å²) < 4.78 is 12.8. The zero-order chi connectivity index (χ0) is 18.4. The molecule has 2 aromatic carbocycles. The molecule has 130 valence electrons. The van der Waals surface area contributed by atoms with Gasteiger partial charge in [0.25, 0.3) is 5.69 Å². The minimum absolute atomic E-state index is 0.0114. The number of hydrogen-bond acceptors (Lipinski definition) is 4. The lowest BCUT2D eigenvalue weighted by molar-refractivity contribution is -0.384. The van der Waals surface area contributed by atoms with Crippen molar-refractivity contribution in [3.63, 3.8) is 0 Å². The van der Waals surface area contributed by atoms with Crippen LogP contribution in [0.25, 0.3) is 0 Å². The van der Waals surface area contributed by atoms with E-state index in [1.807, 2.05) is 0 Å². The quantitative estimate of drug-likeness (QED) is 0.589. The van der Waals surface area contributed by atoms with Gasteiger partial charge >= 0.3 is 5.97 Å². The Morgan fingerprint density at radius 2 is 1.64 bits per heavy atom. The van der Waals surface area contributed by atoms with Crippen LogP contribution in [0, 0.1) is 15.9 Å². The summed E-state index contributed by atoms with van der Waals surface area (Å²) in [6.07, 6.45) is -0.0905. The number of hydrogen-bond donors (Lipinski definition) is 2. The number of halogens is 1. The van der Waals surface area contributed by atoms with Gasteiger partial charge in [0.2, 0.25) is 5.91 Å². The van der Waals surface area contributed by atoms with Crippen LogP contribution in [0.5, 0.6) is 0 Å². The van der Waals surface area contributed by atoms with E-state index in [4.69, 9.17) is 0 Å². The van der Waals surface area contributed by atoms with Gasteiger partial charge in [0.05, 0.1) is 11.3 Å². The maximum absolute atomic E-state index is 12.8. The van der Waals surface area contributed by atoms with Crippen LogP contribution in [0.15, 0.2) is 48.5 Å². The van der Waals surface area contributed by atoms with Crippen LogP contribution in [0.3, 0.4) is 0 Å². The lowest BCUT2D eigenvalue weighted by Gasteiger charge is -2.14. The fraction of sp³-hybridized carbons (Fsp3) is 0.176. The molecular formula is C17H15FN2O5. The maximum Gasteiger partial charge on any atom is 0.326 e. The number of nitro groups is 1. The largest absolute Gasteiger partial charge is 0.480 e. The van der Waals surface area contributed by atoms with E-state index in [-0.39, 0.29) is 18.5 Å². The van der Waals surface area contributed by atoms with Crippen molar-refractivity contribution in [1.29, 1.82) is 0 Å². The SMILES string of the molecule is O=C(Cc1ccc(F)cc1)N[C@H](Cc1ccc([N+](=O)[O-])cc1)C(=O)O. The first-order valence-electron chi connectivity index (χ1n) is 7.35. The number of carbonyl (C=O) groups excluding carboxylic acids is 1. The second kappa shape index (κ2) is 8.00. The van der Waals surface area contributed by atoms with Gasteiger partial charge in [0.15, 0.2) is 0 Å². The summed E-state index contributed by atoms with van der Waals surface area (Å²) in [5.74, 6) is -2.16. The Bertz CT molecular complexity index is 775. The first-order chi connectivity index (χ1) is 11.8. The fourth-order valence-electron chi connectivity index (χ4n) is 2.22. The molecule has 0 aromatic heterocycles. The predicted molar refractivity (Wildman–Crippen MR) is 86.5 cm³/mol. The van der Waals surface area contributed by atoms with Gasteiger partial charge in [-0.05, 0) is 23.3 Å². The smallest absolute Gasteiger partial charge is 0.326 e. The second-order valence-electron chi connectivity index (χ2n) is 5.39. The number of non-ortho nitro benzene ring substituents is 1. The highest BCUT2D eigenvalue weighted by molar-refractivity contribution is 5.85. The Balaban J connectivity index is 2.00. The van der Waals surface area contributed by atoms with Crippen molar-refractivity contribution in [2.24, 2.45) is 0 Å².